The lowest BCUT2D eigenvalue weighted by Gasteiger charge is -2.34. The van der Waals surface area contributed by atoms with Crippen LogP contribution < -0.4 is 5.73 Å². The topological polar surface area (TPSA) is 62.2 Å². The second kappa shape index (κ2) is 11.1. The van der Waals surface area contributed by atoms with Crippen LogP contribution in [0.15, 0.2) is 175 Å². The molecule has 0 aliphatic heterocycles. The Morgan fingerprint density at radius 2 is 1.07 bits per heavy atom. The molecule has 0 amide bonds. The molecule has 46 heavy (non-hydrogen) atoms. The van der Waals surface area contributed by atoms with E-state index >= 15 is 0 Å². The predicted molar refractivity (Wildman–Crippen MR) is 191 cm³/mol. The monoisotopic (exact) mass is 589 g/mol. The maximum Gasteiger partial charge on any atom is 0.154 e. The van der Waals surface area contributed by atoms with E-state index in [2.05, 4.69) is 138 Å². The van der Waals surface area contributed by atoms with Crippen LogP contribution in [0.25, 0.3) is 33.0 Å². The van der Waals surface area contributed by atoms with Crippen LogP contribution in [-0.4, -0.2) is 11.7 Å². The zero-order valence-corrected chi connectivity index (χ0v) is 25.2. The van der Waals surface area contributed by atoms with E-state index in [4.69, 9.17) is 5.73 Å². The molecule has 0 aromatic heterocycles. The van der Waals surface area contributed by atoms with Gasteiger partial charge in [0.1, 0.15) is 5.84 Å². The molecule has 3 heteroatoms. The van der Waals surface area contributed by atoms with Gasteiger partial charge in [-0.25, -0.2) is 4.99 Å². The van der Waals surface area contributed by atoms with E-state index in [0.29, 0.717) is 5.84 Å². The highest BCUT2D eigenvalue weighted by atomic mass is 14.9. The summed E-state index contributed by atoms with van der Waals surface area (Å²) in [4.78, 5) is 4.65. The van der Waals surface area contributed by atoms with E-state index in [1.807, 2.05) is 36.4 Å². The number of nitrogens with zero attached hydrogens (tertiary/aromatic N) is 1. The minimum absolute atomic E-state index is 0.128. The van der Waals surface area contributed by atoms with E-state index in [9.17, 15) is 5.41 Å². The maximum absolute atomic E-state index is 9.30. The predicted octanol–water partition coefficient (Wildman–Crippen LogP) is 9.60. The van der Waals surface area contributed by atoms with Gasteiger partial charge in [0.05, 0.1) is 5.41 Å². The van der Waals surface area contributed by atoms with Crippen molar-refractivity contribution < 1.29 is 0 Å². The molecule has 0 spiro atoms. The molecule has 3 N–H and O–H groups in total. The maximum atomic E-state index is 9.30. The highest BCUT2D eigenvalue weighted by Gasteiger charge is 2.46. The van der Waals surface area contributed by atoms with Crippen molar-refractivity contribution in [3.8, 4) is 22.3 Å². The molecular formula is C43H31N3. The first-order valence-corrected chi connectivity index (χ1v) is 15.5. The number of aliphatic imine (C=N–C) groups is 1. The molecule has 0 radical (unpaired) electrons. The van der Waals surface area contributed by atoms with Gasteiger partial charge < -0.3 is 5.73 Å². The Morgan fingerprint density at radius 3 is 1.78 bits per heavy atom. The Morgan fingerprint density at radius 1 is 0.500 bits per heavy atom. The van der Waals surface area contributed by atoms with Crippen molar-refractivity contribution in [1.29, 1.82) is 5.41 Å². The first kappa shape index (κ1) is 27.5. The summed E-state index contributed by atoms with van der Waals surface area (Å²) in [5.41, 5.74) is 16.8. The lowest BCUT2D eigenvalue weighted by Crippen LogP contribution is -2.28. The molecule has 0 unspecified atom stereocenters. The molecule has 7 aromatic rings. The number of nitrogens with one attached hydrogen (secondary N) is 1. The summed E-state index contributed by atoms with van der Waals surface area (Å²) in [5.74, 6) is 0.448. The molecule has 1 aliphatic carbocycles. The standard InChI is InChI=1S/C43H31N3/c44-41(30-16-4-1-5-17-30)46-42(45)36-28-27-29-15-10-11-22-33(29)39(36)35-24-14-26-38-40(35)34-23-12-13-25-37(34)43(38,31-18-6-2-7-19-31)32-20-8-3-9-21-32/h1-28H,(H3,44,45,46). The van der Waals surface area contributed by atoms with Gasteiger partial charge in [0, 0.05) is 16.7 Å². The van der Waals surface area contributed by atoms with Crippen LogP contribution in [0.1, 0.15) is 33.4 Å². The summed E-state index contributed by atoms with van der Waals surface area (Å²) in [7, 11) is 0. The third-order valence-corrected chi connectivity index (χ3v) is 9.24. The third-order valence-electron chi connectivity index (χ3n) is 9.24. The smallest absolute Gasteiger partial charge is 0.154 e. The molecule has 0 heterocycles. The molecular weight excluding hydrogens is 558 g/mol. The summed E-state index contributed by atoms with van der Waals surface area (Å²) >= 11 is 0. The Hall–Kier alpha value is -6.06. The first-order chi connectivity index (χ1) is 22.7. The van der Waals surface area contributed by atoms with Crippen molar-refractivity contribution in [2.45, 2.75) is 5.41 Å². The van der Waals surface area contributed by atoms with Crippen LogP contribution in [-0.2, 0) is 5.41 Å². The second-order valence-corrected chi connectivity index (χ2v) is 11.7. The average molecular weight is 590 g/mol. The molecule has 7 aromatic carbocycles. The third kappa shape index (κ3) is 4.21. The van der Waals surface area contributed by atoms with Crippen molar-refractivity contribution in [3.05, 3.63) is 203 Å². The van der Waals surface area contributed by atoms with Gasteiger partial charge in [-0.15, -0.1) is 0 Å². The first-order valence-electron chi connectivity index (χ1n) is 15.5. The van der Waals surface area contributed by atoms with E-state index in [-0.39, 0.29) is 5.84 Å². The highest BCUT2D eigenvalue weighted by molar-refractivity contribution is 6.17. The molecule has 0 saturated heterocycles. The van der Waals surface area contributed by atoms with Crippen molar-refractivity contribution in [3.63, 3.8) is 0 Å². The SMILES string of the molecule is N=C(N=C(N)c1ccccc1)c1ccc2ccccc2c1-c1cccc2c1-c1ccccc1C2(c1ccccc1)c1ccccc1. The summed E-state index contributed by atoms with van der Waals surface area (Å²) in [5, 5.41) is 11.5. The number of amidine groups is 2. The van der Waals surface area contributed by atoms with Gasteiger partial charge in [-0.3, -0.25) is 5.41 Å². The molecule has 3 nitrogen and oxygen atoms in total. The zero-order chi connectivity index (χ0) is 31.1. The molecule has 0 fully saturated rings. The Bertz CT molecular complexity index is 2230. The van der Waals surface area contributed by atoms with Crippen molar-refractivity contribution >= 4 is 22.4 Å². The fourth-order valence-electron chi connectivity index (χ4n) is 7.31. The normalized spacial score (nSPS) is 13.3. The van der Waals surface area contributed by atoms with Crippen LogP contribution in [0, 0.1) is 5.41 Å². The Labute approximate surface area is 268 Å². The van der Waals surface area contributed by atoms with Crippen LogP contribution in [0.5, 0.6) is 0 Å². The quantitative estimate of drug-likeness (QED) is 0.152. The van der Waals surface area contributed by atoms with E-state index in [0.717, 1.165) is 33.0 Å². The number of hydrogen-bond donors (Lipinski definition) is 2. The lowest BCUT2D eigenvalue weighted by atomic mass is 9.67. The molecule has 0 saturated carbocycles. The largest absolute Gasteiger partial charge is 0.383 e. The minimum Gasteiger partial charge on any atom is -0.383 e. The van der Waals surface area contributed by atoms with Crippen molar-refractivity contribution in [1.82, 2.24) is 0 Å². The van der Waals surface area contributed by atoms with Gasteiger partial charge in [-0.05, 0) is 55.8 Å². The van der Waals surface area contributed by atoms with Gasteiger partial charge in [-0.2, -0.15) is 0 Å². The molecule has 0 bridgehead atoms. The van der Waals surface area contributed by atoms with Crippen molar-refractivity contribution in [2.24, 2.45) is 10.7 Å². The van der Waals surface area contributed by atoms with Crippen LogP contribution in [0.4, 0.5) is 0 Å². The number of fused-ring (bicyclic) bond motifs is 4. The fraction of sp³-hybridized carbons (Fsp3) is 0.0233. The van der Waals surface area contributed by atoms with Crippen LogP contribution in [0.3, 0.4) is 0 Å². The van der Waals surface area contributed by atoms with E-state index in [1.165, 1.54) is 33.4 Å². The van der Waals surface area contributed by atoms with Gasteiger partial charge >= 0.3 is 0 Å². The number of hydrogen-bond acceptors (Lipinski definition) is 1. The van der Waals surface area contributed by atoms with Gasteiger partial charge in [-0.1, -0.05) is 164 Å². The molecule has 0 atom stereocenters. The highest BCUT2D eigenvalue weighted by Crippen LogP contribution is 2.58. The van der Waals surface area contributed by atoms with E-state index < -0.39 is 5.41 Å². The number of benzene rings is 7. The lowest BCUT2D eigenvalue weighted by molar-refractivity contribution is 0.768. The molecule has 218 valence electrons. The Kier molecular flexibility index (Phi) is 6.66. The number of nitrogens with two attached hydrogens (primary N) is 1. The summed E-state index contributed by atoms with van der Waals surface area (Å²) in [6.45, 7) is 0. The molecule has 1 aliphatic rings. The fourth-order valence-corrected chi connectivity index (χ4v) is 7.31. The summed E-state index contributed by atoms with van der Waals surface area (Å²) < 4.78 is 0. The van der Waals surface area contributed by atoms with Gasteiger partial charge in [0.15, 0.2) is 5.84 Å². The molecule has 8 rings (SSSR count). The van der Waals surface area contributed by atoms with Gasteiger partial charge in [0.25, 0.3) is 0 Å². The van der Waals surface area contributed by atoms with E-state index in [1.54, 1.807) is 0 Å². The van der Waals surface area contributed by atoms with Crippen LogP contribution in [0.2, 0.25) is 0 Å². The summed E-state index contributed by atoms with van der Waals surface area (Å²) in [6.07, 6.45) is 0. The number of rotatable bonds is 5. The van der Waals surface area contributed by atoms with Gasteiger partial charge in [0.2, 0.25) is 0 Å². The second-order valence-electron chi connectivity index (χ2n) is 11.7. The Balaban J connectivity index is 1.45. The average Bonchev–Trinajstić information content (AvgIpc) is 3.43. The summed E-state index contributed by atoms with van der Waals surface area (Å²) in [6, 6.07) is 59.2. The van der Waals surface area contributed by atoms with Crippen molar-refractivity contribution in [2.75, 3.05) is 0 Å². The minimum atomic E-state index is -0.515. The van der Waals surface area contributed by atoms with Crippen LogP contribution >= 0.6 is 0 Å². The zero-order valence-electron chi connectivity index (χ0n) is 25.2.